The average molecular weight is 234 g/mol. The first kappa shape index (κ1) is 12.1. The molecule has 4 heteroatoms. The molecule has 0 saturated carbocycles. The molecule has 0 aromatic heterocycles. The van der Waals surface area contributed by atoms with Crippen LogP contribution < -0.4 is 11.1 Å². The summed E-state index contributed by atoms with van der Waals surface area (Å²) < 4.78 is 5.21. The number of hydrogen-bond donors (Lipinski definition) is 2. The first-order valence-corrected chi connectivity index (χ1v) is 5.94. The maximum Gasteiger partial charge on any atom is 0.323 e. The predicted octanol–water partition coefficient (Wildman–Crippen LogP) is 0.667. The Morgan fingerprint density at radius 2 is 2.24 bits per heavy atom. The van der Waals surface area contributed by atoms with Gasteiger partial charge in [-0.1, -0.05) is 30.3 Å². The van der Waals surface area contributed by atoms with Crippen LogP contribution in [0.5, 0.6) is 0 Å². The van der Waals surface area contributed by atoms with Crippen molar-refractivity contribution in [3.05, 3.63) is 35.9 Å². The van der Waals surface area contributed by atoms with Crippen LogP contribution in [0.3, 0.4) is 0 Å². The van der Waals surface area contributed by atoms with Gasteiger partial charge in [-0.15, -0.1) is 0 Å². The predicted molar refractivity (Wildman–Crippen MR) is 65.2 cm³/mol. The number of carbonyl (C=O) groups excluding carboxylic acids is 1. The van der Waals surface area contributed by atoms with E-state index in [0.29, 0.717) is 6.61 Å². The summed E-state index contributed by atoms with van der Waals surface area (Å²) in [7, 11) is 0. The van der Waals surface area contributed by atoms with Crippen LogP contribution in [-0.2, 0) is 16.1 Å². The smallest absolute Gasteiger partial charge is 0.323 e. The van der Waals surface area contributed by atoms with E-state index in [9.17, 15) is 4.79 Å². The summed E-state index contributed by atoms with van der Waals surface area (Å²) in [6.07, 6.45) is 0.946. The van der Waals surface area contributed by atoms with E-state index in [0.717, 1.165) is 25.1 Å². The van der Waals surface area contributed by atoms with Crippen molar-refractivity contribution in [3.8, 4) is 0 Å². The molecule has 0 spiro atoms. The number of nitrogens with one attached hydrogen (secondary N) is 1. The fraction of sp³-hybridized carbons (Fsp3) is 0.462. The summed E-state index contributed by atoms with van der Waals surface area (Å²) in [4.78, 5) is 11.7. The molecule has 1 aliphatic rings. The number of rotatable bonds is 4. The molecule has 0 unspecified atom stereocenters. The maximum absolute atomic E-state index is 11.7. The molecule has 92 valence electrons. The van der Waals surface area contributed by atoms with E-state index in [-0.39, 0.29) is 11.9 Å². The van der Waals surface area contributed by atoms with Crippen LogP contribution in [0.15, 0.2) is 30.3 Å². The van der Waals surface area contributed by atoms with Gasteiger partial charge in [0.15, 0.2) is 0 Å². The topological polar surface area (TPSA) is 64.4 Å². The van der Waals surface area contributed by atoms with E-state index in [4.69, 9.17) is 10.5 Å². The minimum Gasteiger partial charge on any atom is -0.460 e. The van der Waals surface area contributed by atoms with Crippen molar-refractivity contribution in [2.45, 2.75) is 19.1 Å². The van der Waals surface area contributed by atoms with Gasteiger partial charge >= 0.3 is 5.97 Å². The van der Waals surface area contributed by atoms with Crippen molar-refractivity contribution in [3.63, 3.8) is 0 Å². The molecule has 17 heavy (non-hydrogen) atoms. The van der Waals surface area contributed by atoms with Crippen LogP contribution in [-0.4, -0.2) is 25.1 Å². The first-order chi connectivity index (χ1) is 8.27. The molecule has 0 amide bonds. The molecule has 2 atom stereocenters. The number of carbonyl (C=O) groups is 1. The zero-order valence-corrected chi connectivity index (χ0v) is 9.76. The Morgan fingerprint density at radius 3 is 2.88 bits per heavy atom. The third-order valence-corrected chi connectivity index (χ3v) is 3.10. The standard InChI is InChI=1S/C13H18N2O2/c14-12(11-6-7-15-8-11)13(16)17-9-10-4-2-1-3-5-10/h1-5,11-12,15H,6-9,14H2/t11-,12-/m1/s1. The second-order valence-corrected chi connectivity index (χ2v) is 4.37. The minimum atomic E-state index is -0.506. The van der Waals surface area contributed by atoms with Crippen LogP contribution in [0, 0.1) is 5.92 Å². The Balaban J connectivity index is 1.80. The van der Waals surface area contributed by atoms with E-state index in [1.54, 1.807) is 0 Å². The number of hydrogen-bond acceptors (Lipinski definition) is 4. The molecule has 4 nitrogen and oxygen atoms in total. The van der Waals surface area contributed by atoms with Gasteiger partial charge in [0.1, 0.15) is 12.6 Å². The second kappa shape index (κ2) is 5.80. The van der Waals surface area contributed by atoms with Crippen molar-refractivity contribution in [2.75, 3.05) is 13.1 Å². The number of esters is 1. The molecular formula is C13H18N2O2. The number of benzene rings is 1. The Hall–Kier alpha value is -1.39. The zero-order valence-electron chi connectivity index (χ0n) is 9.76. The normalized spacial score (nSPS) is 21.1. The highest BCUT2D eigenvalue weighted by molar-refractivity contribution is 5.76. The van der Waals surface area contributed by atoms with Gasteiger partial charge < -0.3 is 15.8 Å². The molecule has 1 fully saturated rings. The van der Waals surface area contributed by atoms with Gasteiger partial charge in [-0.05, 0) is 24.4 Å². The van der Waals surface area contributed by atoms with Crippen molar-refractivity contribution >= 4 is 5.97 Å². The van der Waals surface area contributed by atoms with Crippen molar-refractivity contribution in [1.82, 2.24) is 5.32 Å². The van der Waals surface area contributed by atoms with Crippen molar-refractivity contribution in [2.24, 2.45) is 11.7 Å². The van der Waals surface area contributed by atoms with Gasteiger partial charge in [0.05, 0.1) is 0 Å². The van der Waals surface area contributed by atoms with Gasteiger partial charge in [-0.2, -0.15) is 0 Å². The first-order valence-electron chi connectivity index (χ1n) is 5.94. The molecule has 1 aromatic rings. The van der Waals surface area contributed by atoms with Crippen LogP contribution in [0.1, 0.15) is 12.0 Å². The van der Waals surface area contributed by atoms with Gasteiger partial charge in [0, 0.05) is 6.54 Å². The summed E-state index contributed by atoms with van der Waals surface area (Å²) in [6, 6.07) is 9.12. The third-order valence-electron chi connectivity index (χ3n) is 3.10. The summed E-state index contributed by atoms with van der Waals surface area (Å²) in [5, 5.41) is 3.19. The van der Waals surface area contributed by atoms with Crippen LogP contribution in [0.25, 0.3) is 0 Å². The molecule has 0 radical (unpaired) electrons. The van der Waals surface area contributed by atoms with E-state index in [2.05, 4.69) is 5.32 Å². The Morgan fingerprint density at radius 1 is 1.47 bits per heavy atom. The minimum absolute atomic E-state index is 0.207. The third kappa shape index (κ3) is 3.28. The molecule has 1 aliphatic heterocycles. The van der Waals surface area contributed by atoms with E-state index < -0.39 is 6.04 Å². The monoisotopic (exact) mass is 234 g/mol. The molecule has 1 heterocycles. The summed E-state index contributed by atoms with van der Waals surface area (Å²) in [5.74, 6) is -0.0965. The summed E-state index contributed by atoms with van der Waals surface area (Å²) >= 11 is 0. The van der Waals surface area contributed by atoms with Gasteiger partial charge in [0.25, 0.3) is 0 Å². The second-order valence-electron chi connectivity index (χ2n) is 4.37. The average Bonchev–Trinajstić information content (AvgIpc) is 2.90. The Kier molecular flexibility index (Phi) is 4.12. The van der Waals surface area contributed by atoms with Crippen LogP contribution >= 0.6 is 0 Å². The Bertz CT molecular complexity index is 361. The van der Waals surface area contributed by atoms with Crippen molar-refractivity contribution < 1.29 is 9.53 Å². The molecular weight excluding hydrogens is 216 g/mol. The molecule has 0 aliphatic carbocycles. The zero-order chi connectivity index (χ0) is 12.1. The van der Waals surface area contributed by atoms with Crippen LogP contribution in [0.4, 0.5) is 0 Å². The molecule has 1 saturated heterocycles. The lowest BCUT2D eigenvalue weighted by Crippen LogP contribution is -2.40. The highest BCUT2D eigenvalue weighted by atomic mass is 16.5. The van der Waals surface area contributed by atoms with E-state index >= 15 is 0 Å². The van der Waals surface area contributed by atoms with Gasteiger partial charge in [-0.25, -0.2) is 0 Å². The summed E-state index contributed by atoms with van der Waals surface area (Å²) in [6.45, 7) is 2.04. The molecule has 2 rings (SSSR count). The van der Waals surface area contributed by atoms with E-state index in [1.807, 2.05) is 30.3 Å². The largest absolute Gasteiger partial charge is 0.460 e. The number of nitrogens with two attached hydrogens (primary N) is 1. The lowest BCUT2D eigenvalue weighted by molar-refractivity contribution is -0.147. The lowest BCUT2D eigenvalue weighted by atomic mass is 10.0. The fourth-order valence-corrected chi connectivity index (χ4v) is 2.00. The SMILES string of the molecule is N[C@@H](C(=O)OCc1ccccc1)[C@@H]1CCNC1. The van der Waals surface area contributed by atoms with Crippen molar-refractivity contribution in [1.29, 1.82) is 0 Å². The fourth-order valence-electron chi connectivity index (χ4n) is 2.00. The van der Waals surface area contributed by atoms with E-state index in [1.165, 1.54) is 0 Å². The molecule has 3 N–H and O–H groups in total. The van der Waals surface area contributed by atoms with Crippen LogP contribution in [0.2, 0.25) is 0 Å². The molecule has 1 aromatic carbocycles. The Labute approximate surface area is 101 Å². The quantitative estimate of drug-likeness (QED) is 0.751. The highest BCUT2D eigenvalue weighted by Crippen LogP contribution is 2.13. The lowest BCUT2D eigenvalue weighted by Gasteiger charge is -2.16. The maximum atomic E-state index is 11.7. The van der Waals surface area contributed by atoms with Gasteiger partial charge in [0.2, 0.25) is 0 Å². The summed E-state index contributed by atoms with van der Waals surface area (Å²) in [5.41, 5.74) is 6.86. The van der Waals surface area contributed by atoms with Gasteiger partial charge in [-0.3, -0.25) is 4.79 Å². The molecule has 0 bridgehead atoms. The number of ether oxygens (including phenoxy) is 1. The highest BCUT2D eigenvalue weighted by Gasteiger charge is 2.28.